The maximum atomic E-state index is 12.3. The third-order valence-corrected chi connectivity index (χ3v) is 6.35. The zero-order chi connectivity index (χ0) is 16.4. The number of anilines is 1. The Kier molecular flexibility index (Phi) is 4.87. The van der Waals surface area contributed by atoms with Gasteiger partial charge in [-0.3, -0.25) is 0 Å². The number of sulfonamides is 1. The molecule has 6 nitrogen and oxygen atoms in total. The molecule has 1 saturated carbocycles. The van der Waals surface area contributed by atoms with Crippen LogP contribution in [0.3, 0.4) is 0 Å². The van der Waals surface area contributed by atoms with Gasteiger partial charge in [-0.05, 0) is 39.0 Å². The molecule has 0 bridgehead atoms. The predicted molar refractivity (Wildman–Crippen MR) is 90.9 cm³/mol. The lowest BCUT2D eigenvalue weighted by Gasteiger charge is -2.40. The minimum atomic E-state index is -3.14. The number of hydrogen-bond acceptors (Lipinski definition) is 5. The smallest absolute Gasteiger partial charge is 0.211 e. The number of rotatable bonds is 4. The Balaban J connectivity index is 1.72. The van der Waals surface area contributed by atoms with E-state index in [1.54, 1.807) is 6.33 Å². The molecule has 1 aromatic rings. The maximum absolute atomic E-state index is 12.3. The molecule has 1 unspecified atom stereocenters. The average Bonchev–Trinajstić information content (AvgIpc) is 2.67. The first-order valence-electron chi connectivity index (χ1n) is 8.47. The monoisotopic (exact) mass is 338 g/mol. The van der Waals surface area contributed by atoms with Crippen molar-refractivity contribution in [2.75, 3.05) is 24.2 Å². The molecular formula is C16H26N4O2S. The van der Waals surface area contributed by atoms with Crippen LogP contribution < -0.4 is 4.90 Å². The summed E-state index contributed by atoms with van der Waals surface area (Å²) in [5.41, 5.74) is 0.961. The first kappa shape index (κ1) is 16.6. The molecule has 0 radical (unpaired) electrons. The largest absolute Gasteiger partial charge is 0.356 e. The SMILES string of the molecule is Cc1cc(N2CCCC(N(C3CCC3)S(C)(=O)=O)CC2)ncn1. The van der Waals surface area contributed by atoms with E-state index in [4.69, 9.17) is 0 Å². The third kappa shape index (κ3) is 3.83. The summed E-state index contributed by atoms with van der Waals surface area (Å²) in [6.07, 6.45) is 8.93. The van der Waals surface area contributed by atoms with Crippen molar-refractivity contribution in [2.24, 2.45) is 0 Å². The second-order valence-corrected chi connectivity index (χ2v) is 8.65. The lowest BCUT2D eigenvalue weighted by molar-refractivity contribution is 0.164. The molecule has 0 amide bonds. The van der Waals surface area contributed by atoms with Crippen molar-refractivity contribution in [3.8, 4) is 0 Å². The van der Waals surface area contributed by atoms with Gasteiger partial charge in [0.15, 0.2) is 0 Å². The average molecular weight is 338 g/mol. The highest BCUT2D eigenvalue weighted by Crippen LogP contribution is 2.32. The highest BCUT2D eigenvalue weighted by atomic mass is 32.2. The van der Waals surface area contributed by atoms with E-state index in [0.717, 1.165) is 63.1 Å². The van der Waals surface area contributed by atoms with Gasteiger partial charge in [-0.25, -0.2) is 18.4 Å². The van der Waals surface area contributed by atoms with Gasteiger partial charge in [0.25, 0.3) is 0 Å². The number of aromatic nitrogens is 2. The molecule has 1 aliphatic carbocycles. The Bertz CT molecular complexity index is 645. The first-order chi connectivity index (χ1) is 10.9. The van der Waals surface area contributed by atoms with E-state index >= 15 is 0 Å². The quantitative estimate of drug-likeness (QED) is 0.839. The van der Waals surface area contributed by atoms with Crippen LogP contribution in [0, 0.1) is 6.92 Å². The Morgan fingerprint density at radius 3 is 2.39 bits per heavy atom. The van der Waals surface area contributed by atoms with Crippen molar-refractivity contribution in [3.05, 3.63) is 18.1 Å². The lowest BCUT2D eigenvalue weighted by Crippen LogP contribution is -2.49. The van der Waals surface area contributed by atoms with Crippen molar-refractivity contribution >= 4 is 15.8 Å². The molecule has 23 heavy (non-hydrogen) atoms. The third-order valence-electron chi connectivity index (χ3n) is 4.99. The first-order valence-corrected chi connectivity index (χ1v) is 10.3. The van der Waals surface area contributed by atoms with E-state index in [1.165, 1.54) is 6.26 Å². The van der Waals surface area contributed by atoms with Crippen LogP contribution in [0.15, 0.2) is 12.4 Å². The van der Waals surface area contributed by atoms with Gasteiger partial charge in [-0.2, -0.15) is 4.31 Å². The molecule has 1 saturated heterocycles. The molecule has 128 valence electrons. The molecule has 3 rings (SSSR count). The van der Waals surface area contributed by atoms with Crippen LogP contribution in [0.1, 0.15) is 44.2 Å². The van der Waals surface area contributed by atoms with Gasteiger partial charge in [0.2, 0.25) is 10.0 Å². The van der Waals surface area contributed by atoms with E-state index in [-0.39, 0.29) is 12.1 Å². The van der Waals surface area contributed by atoms with E-state index in [1.807, 2.05) is 17.3 Å². The molecule has 0 spiro atoms. The zero-order valence-corrected chi connectivity index (χ0v) is 14.8. The van der Waals surface area contributed by atoms with Crippen LogP contribution >= 0.6 is 0 Å². The summed E-state index contributed by atoms with van der Waals surface area (Å²) in [6.45, 7) is 3.74. The summed E-state index contributed by atoms with van der Waals surface area (Å²) >= 11 is 0. The summed E-state index contributed by atoms with van der Waals surface area (Å²) < 4.78 is 26.3. The summed E-state index contributed by atoms with van der Waals surface area (Å²) in [7, 11) is -3.14. The van der Waals surface area contributed by atoms with Crippen LogP contribution in [0.4, 0.5) is 5.82 Å². The Labute approximate surface area is 139 Å². The van der Waals surface area contributed by atoms with Crippen LogP contribution in [0.25, 0.3) is 0 Å². The van der Waals surface area contributed by atoms with Crippen molar-refractivity contribution in [1.82, 2.24) is 14.3 Å². The Morgan fingerprint density at radius 2 is 1.78 bits per heavy atom. The maximum Gasteiger partial charge on any atom is 0.211 e. The van der Waals surface area contributed by atoms with Gasteiger partial charge in [-0.1, -0.05) is 6.42 Å². The van der Waals surface area contributed by atoms with Crippen molar-refractivity contribution in [3.63, 3.8) is 0 Å². The number of aryl methyl sites for hydroxylation is 1. The van der Waals surface area contributed by atoms with Crippen molar-refractivity contribution in [1.29, 1.82) is 0 Å². The highest BCUT2D eigenvalue weighted by Gasteiger charge is 2.37. The highest BCUT2D eigenvalue weighted by molar-refractivity contribution is 7.88. The van der Waals surface area contributed by atoms with E-state index in [9.17, 15) is 8.42 Å². The fourth-order valence-electron chi connectivity index (χ4n) is 3.66. The Hall–Kier alpha value is -1.21. The van der Waals surface area contributed by atoms with Crippen molar-refractivity contribution in [2.45, 2.75) is 57.5 Å². The normalized spacial score (nSPS) is 23.6. The van der Waals surface area contributed by atoms with Crippen molar-refractivity contribution < 1.29 is 8.42 Å². The van der Waals surface area contributed by atoms with E-state index < -0.39 is 10.0 Å². The Morgan fingerprint density at radius 1 is 1.09 bits per heavy atom. The molecule has 1 aromatic heterocycles. The van der Waals surface area contributed by atoms with Gasteiger partial charge in [0, 0.05) is 36.9 Å². The van der Waals surface area contributed by atoms with Crippen LogP contribution in [0.2, 0.25) is 0 Å². The predicted octanol–water partition coefficient (Wildman–Crippen LogP) is 1.96. The molecule has 2 heterocycles. The van der Waals surface area contributed by atoms with E-state index in [0.29, 0.717) is 0 Å². The van der Waals surface area contributed by atoms with E-state index in [2.05, 4.69) is 14.9 Å². The second-order valence-electron chi connectivity index (χ2n) is 6.77. The fraction of sp³-hybridized carbons (Fsp3) is 0.750. The number of hydrogen-bond donors (Lipinski definition) is 0. The molecule has 2 aliphatic rings. The van der Waals surface area contributed by atoms with Crippen LogP contribution in [0.5, 0.6) is 0 Å². The second kappa shape index (κ2) is 6.73. The summed E-state index contributed by atoms with van der Waals surface area (Å²) in [6, 6.07) is 2.35. The molecule has 0 aromatic carbocycles. The minimum absolute atomic E-state index is 0.128. The van der Waals surface area contributed by atoms with Gasteiger partial charge in [-0.15, -0.1) is 0 Å². The van der Waals surface area contributed by atoms with Crippen LogP contribution in [-0.2, 0) is 10.0 Å². The molecule has 1 aliphatic heterocycles. The summed E-state index contributed by atoms with van der Waals surface area (Å²) in [4.78, 5) is 10.8. The molecule has 1 atom stereocenters. The van der Waals surface area contributed by atoms with Gasteiger partial charge in [0.1, 0.15) is 12.1 Å². The summed E-state index contributed by atoms with van der Waals surface area (Å²) in [5.74, 6) is 0.952. The van der Waals surface area contributed by atoms with Crippen LogP contribution in [-0.4, -0.2) is 54.1 Å². The molecule has 7 heteroatoms. The topological polar surface area (TPSA) is 66.4 Å². The number of nitrogens with zero attached hydrogens (tertiary/aromatic N) is 4. The lowest BCUT2D eigenvalue weighted by atomic mass is 9.91. The molecular weight excluding hydrogens is 312 g/mol. The van der Waals surface area contributed by atoms with Gasteiger partial charge < -0.3 is 4.90 Å². The minimum Gasteiger partial charge on any atom is -0.356 e. The fourth-order valence-corrected chi connectivity index (χ4v) is 5.16. The summed E-state index contributed by atoms with van der Waals surface area (Å²) in [5, 5.41) is 0. The van der Waals surface area contributed by atoms with Gasteiger partial charge >= 0.3 is 0 Å². The molecule has 0 N–H and O–H groups in total. The molecule has 2 fully saturated rings. The standard InChI is InChI=1S/C16H26N4O2S/c1-13-11-16(18-12-17-13)19-9-4-7-15(8-10-19)20(23(2,21)22)14-5-3-6-14/h11-12,14-15H,3-10H2,1-2H3. The van der Waals surface area contributed by atoms with Gasteiger partial charge in [0.05, 0.1) is 6.26 Å². The zero-order valence-electron chi connectivity index (χ0n) is 14.0.